The van der Waals surface area contributed by atoms with E-state index < -0.39 is 23.8 Å². The first-order valence-electron chi connectivity index (χ1n) is 8.76. The van der Waals surface area contributed by atoms with Crippen LogP contribution in [-0.4, -0.2) is 16.1 Å². The van der Waals surface area contributed by atoms with Crippen molar-refractivity contribution in [2.45, 2.75) is 32.5 Å². The van der Waals surface area contributed by atoms with Gasteiger partial charge in [-0.15, -0.1) is 0 Å². The van der Waals surface area contributed by atoms with Crippen molar-refractivity contribution in [3.63, 3.8) is 0 Å². The van der Waals surface area contributed by atoms with Crippen LogP contribution in [0.2, 0.25) is 0 Å². The molecule has 0 amide bonds. The number of aliphatic carboxylic acids is 1. The Morgan fingerprint density at radius 2 is 1.90 bits per heavy atom. The third-order valence-corrected chi connectivity index (χ3v) is 4.23. The zero-order chi connectivity index (χ0) is 21.2. The number of benzene rings is 2. The van der Waals surface area contributed by atoms with E-state index in [1.165, 1.54) is 12.1 Å². The molecule has 152 valence electrons. The largest absolute Gasteiger partial charge is 0.483 e. The number of halogens is 3. The van der Waals surface area contributed by atoms with Gasteiger partial charge in [-0.2, -0.15) is 13.2 Å². The van der Waals surface area contributed by atoms with E-state index in [1.54, 1.807) is 38.1 Å². The number of oxazole rings is 1. The molecular weight excluding hydrogens is 387 g/mol. The van der Waals surface area contributed by atoms with Crippen molar-refractivity contribution in [2.75, 3.05) is 0 Å². The molecular formula is C21H18F3NO4. The summed E-state index contributed by atoms with van der Waals surface area (Å²) in [6.07, 6.45) is -5.07. The molecule has 1 aromatic heterocycles. The molecule has 0 unspecified atom stereocenters. The molecule has 0 saturated heterocycles. The molecule has 1 heterocycles. The number of aryl methyl sites for hydroxylation is 1. The number of carboxylic acids is 1. The first kappa shape index (κ1) is 20.4. The van der Waals surface area contributed by atoms with Gasteiger partial charge in [0.05, 0.1) is 17.7 Å². The fourth-order valence-electron chi connectivity index (χ4n) is 2.87. The Kier molecular flexibility index (Phi) is 5.63. The number of alkyl halides is 3. The molecule has 0 spiro atoms. The Hall–Kier alpha value is -3.29. The number of aromatic nitrogens is 1. The molecule has 0 bridgehead atoms. The van der Waals surface area contributed by atoms with E-state index in [0.29, 0.717) is 28.3 Å². The summed E-state index contributed by atoms with van der Waals surface area (Å²) in [5.74, 6) is 0.162. The van der Waals surface area contributed by atoms with Crippen molar-refractivity contribution in [3.05, 3.63) is 71.1 Å². The van der Waals surface area contributed by atoms with Crippen LogP contribution in [0.4, 0.5) is 13.2 Å². The topological polar surface area (TPSA) is 72.6 Å². The summed E-state index contributed by atoms with van der Waals surface area (Å²) in [5.41, 5.74) is 0.821. The molecule has 0 saturated carbocycles. The highest BCUT2D eigenvalue weighted by molar-refractivity contribution is 5.70. The van der Waals surface area contributed by atoms with Gasteiger partial charge < -0.3 is 14.3 Å². The van der Waals surface area contributed by atoms with Crippen LogP contribution in [0.1, 0.15) is 35.6 Å². The molecule has 0 aliphatic rings. The Bertz CT molecular complexity index is 1010. The molecule has 0 aliphatic carbocycles. The number of hydrogen-bond acceptors (Lipinski definition) is 4. The third-order valence-electron chi connectivity index (χ3n) is 4.23. The lowest BCUT2D eigenvalue weighted by Crippen LogP contribution is -2.05. The average molecular weight is 405 g/mol. The first-order chi connectivity index (χ1) is 13.6. The van der Waals surface area contributed by atoms with Crippen molar-refractivity contribution >= 4 is 5.97 Å². The molecule has 1 atom stereocenters. The minimum absolute atomic E-state index is 0.120. The van der Waals surface area contributed by atoms with Crippen LogP contribution in [0, 0.1) is 6.92 Å². The quantitative estimate of drug-likeness (QED) is 0.592. The van der Waals surface area contributed by atoms with Crippen molar-refractivity contribution in [3.8, 4) is 17.2 Å². The summed E-state index contributed by atoms with van der Waals surface area (Å²) >= 11 is 0. The molecule has 0 aliphatic heterocycles. The highest BCUT2D eigenvalue weighted by atomic mass is 19.4. The van der Waals surface area contributed by atoms with Gasteiger partial charge in [0.25, 0.3) is 0 Å². The monoisotopic (exact) mass is 405 g/mol. The van der Waals surface area contributed by atoms with Crippen molar-refractivity contribution < 1.29 is 32.2 Å². The smallest absolute Gasteiger partial charge is 0.416 e. The molecule has 0 fully saturated rings. The van der Waals surface area contributed by atoms with Gasteiger partial charge in [0.15, 0.2) is 11.9 Å². The maximum Gasteiger partial charge on any atom is 0.416 e. The molecule has 5 nitrogen and oxygen atoms in total. The van der Waals surface area contributed by atoms with Crippen LogP contribution < -0.4 is 4.74 Å². The summed E-state index contributed by atoms with van der Waals surface area (Å²) in [7, 11) is 0. The summed E-state index contributed by atoms with van der Waals surface area (Å²) in [6.45, 7) is 3.46. The zero-order valence-corrected chi connectivity index (χ0v) is 15.7. The second kappa shape index (κ2) is 7.98. The number of carbonyl (C=O) groups is 1. The summed E-state index contributed by atoms with van der Waals surface area (Å²) < 4.78 is 49.7. The van der Waals surface area contributed by atoms with Crippen molar-refractivity contribution in [1.82, 2.24) is 4.98 Å². The van der Waals surface area contributed by atoms with E-state index in [2.05, 4.69) is 4.98 Å². The summed E-state index contributed by atoms with van der Waals surface area (Å²) in [4.78, 5) is 15.1. The minimum atomic E-state index is -4.41. The minimum Gasteiger partial charge on any atom is -0.483 e. The molecule has 8 heteroatoms. The molecule has 2 aromatic carbocycles. The maximum atomic E-state index is 12.7. The highest BCUT2D eigenvalue weighted by Crippen LogP contribution is 2.32. The lowest BCUT2D eigenvalue weighted by atomic mass is 10.1. The van der Waals surface area contributed by atoms with E-state index in [9.17, 15) is 18.0 Å². The number of carboxylic acid groups (broad SMARTS) is 1. The van der Waals surface area contributed by atoms with Crippen molar-refractivity contribution in [1.29, 1.82) is 0 Å². The fourth-order valence-corrected chi connectivity index (χ4v) is 2.87. The second-order valence-corrected chi connectivity index (χ2v) is 6.52. The standard InChI is InChI=1S/C21H18F3NO4/c1-12-19(13(2)28-17-5-3-4-14(10-17)11-18(26)27)29-20(25-12)15-6-8-16(9-7-15)21(22,23)24/h3-10,13H,11H2,1-2H3,(H,26,27)/t13-/m0/s1. The molecule has 0 radical (unpaired) electrons. The Labute approximate surface area is 164 Å². The number of ether oxygens (including phenoxy) is 1. The Balaban J connectivity index is 1.78. The van der Waals surface area contributed by atoms with E-state index in [0.717, 1.165) is 12.1 Å². The van der Waals surface area contributed by atoms with Crippen LogP contribution in [0.5, 0.6) is 5.75 Å². The predicted octanol–water partition coefficient (Wildman–Crippen LogP) is 5.44. The van der Waals surface area contributed by atoms with E-state index in [-0.39, 0.29) is 12.3 Å². The van der Waals surface area contributed by atoms with Crippen LogP contribution in [-0.2, 0) is 17.4 Å². The van der Waals surface area contributed by atoms with Gasteiger partial charge in [-0.25, -0.2) is 4.98 Å². The molecule has 3 aromatic rings. The molecule has 29 heavy (non-hydrogen) atoms. The van der Waals surface area contributed by atoms with Gasteiger partial charge in [0.2, 0.25) is 5.89 Å². The average Bonchev–Trinajstić information content (AvgIpc) is 3.03. The lowest BCUT2D eigenvalue weighted by molar-refractivity contribution is -0.138. The Morgan fingerprint density at radius 3 is 2.52 bits per heavy atom. The summed E-state index contributed by atoms with van der Waals surface area (Å²) in [6, 6.07) is 11.3. The first-order valence-corrected chi connectivity index (χ1v) is 8.76. The second-order valence-electron chi connectivity index (χ2n) is 6.52. The van der Waals surface area contributed by atoms with Crippen LogP contribution >= 0.6 is 0 Å². The highest BCUT2D eigenvalue weighted by Gasteiger charge is 2.30. The maximum absolute atomic E-state index is 12.7. The SMILES string of the molecule is Cc1nc(-c2ccc(C(F)(F)F)cc2)oc1[C@H](C)Oc1cccc(CC(=O)O)c1. The third kappa shape index (κ3) is 4.96. The van der Waals surface area contributed by atoms with Gasteiger partial charge in [-0.1, -0.05) is 12.1 Å². The van der Waals surface area contributed by atoms with Crippen LogP contribution in [0.15, 0.2) is 52.9 Å². The predicted molar refractivity (Wildman–Crippen MR) is 98.5 cm³/mol. The normalized spacial score (nSPS) is 12.6. The van der Waals surface area contributed by atoms with Gasteiger partial charge >= 0.3 is 12.1 Å². The van der Waals surface area contributed by atoms with Gasteiger partial charge in [0.1, 0.15) is 5.75 Å². The number of hydrogen-bond donors (Lipinski definition) is 1. The lowest BCUT2D eigenvalue weighted by Gasteiger charge is -2.13. The number of nitrogens with zero attached hydrogens (tertiary/aromatic N) is 1. The molecule has 3 rings (SSSR count). The fraction of sp³-hybridized carbons (Fsp3) is 0.238. The number of rotatable bonds is 6. The van der Waals surface area contributed by atoms with Crippen LogP contribution in [0.25, 0.3) is 11.5 Å². The van der Waals surface area contributed by atoms with Crippen LogP contribution in [0.3, 0.4) is 0 Å². The summed E-state index contributed by atoms with van der Waals surface area (Å²) in [5, 5.41) is 8.90. The van der Waals surface area contributed by atoms with Gasteiger partial charge in [-0.3, -0.25) is 4.79 Å². The Morgan fingerprint density at radius 1 is 1.21 bits per heavy atom. The van der Waals surface area contributed by atoms with E-state index in [1.807, 2.05) is 0 Å². The molecule has 1 N–H and O–H groups in total. The van der Waals surface area contributed by atoms with Gasteiger partial charge in [-0.05, 0) is 55.8 Å². The zero-order valence-electron chi connectivity index (χ0n) is 15.7. The van der Waals surface area contributed by atoms with E-state index >= 15 is 0 Å². The van der Waals surface area contributed by atoms with Gasteiger partial charge in [0, 0.05) is 5.56 Å². The van der Waals surface area contributed by atoms with Crippen molar-refractivity contribution in [2.24, 2.45) is 0 Å². The van der Waals surface area contributed by atoms with E-state index in [4.69, 9.17) is 14.3 Å².